The molecular weight excluding hydrogens is 455 g/mol. The van der Waals surface area contributed by atoms with E-state index in [9.17, 15) is 18.8 Å². The summed E-state index contributed by atoms with van der Waals surface area (Å²) in [4.78, 5) is 37.5. The first kappa shape index (κ1) is 21.3. The summed E-state index contributed by atoms with van der Waals surface area (Å²) in [6.07, 6.45) is 4.17. The second kappa shape index (κ2) is 8.29. The number of esters is 1. The number of ether oxygens (including phenoxy) is 1. The van der Waals surface area contributed by atoms with Crippen LogP contribution in [0.1, 0.15) is 37.7 Å². The van der Waals surface area contributed by atoms with Gasteiger partial charge < -0.3 is 15.4 Å². The van der Waals surface area contributed by atoms with Crippen LogP contribution in [0, 0.1) is 34.9 Å². The highest BCUT2D eigenvalue weighted by molar-refractivity contribution is 9.10. The lowest BCUT2D eigenvalue weighted by molar-refractivity contribution is -0.141. The van der Waals surface area contributed by atoms with Gasteiger partial charge in [0.1, 0.15) is 5.82 Å². The average molecular weight is 481 g/mol. The summed E-state index contributed by atoms with van der Waals surface area (Å²) in [5, 5.41) is 5.70. The number of carbonyl (C=O) groups excluding carboxylic acids is 3. The van der Waals surface area contributed by atoms with Crippen LogP contribution in [0.5, 0.6) is 0 Å². The molecule has 1 aromatic rings. The van der Waals surface area contributed by atoms with Crippen LogP contribution in [0.15, 0.2) is 22.7 Å². The van der Waals surface area contributed by atoms with Crippen molar-refractivity contribution in [2.24, 2.45) is 29.1 Å². The summed E-state index contributed by atoms with van der Waals surface area (Å²) in [5.74, 6) is -1.48. The van der Waals surface area contributed by atoms with Crippen LogP contribution >= 0.6 is 15.9 Å². The van der Waals surface area contributed by atoms with E-state index >= 15 is 0 Å². The molecule has 2 bridgehead atoms. The van der Waals surface area contributed by atoms with E-state index in [0.717, 1.165) is 25.7 Å². The maximum absolute atomic E-state index is 14.1. The highest BCUT2D eigenvalue weighted by Gasteiger charge is 2.71. The van der Waals surface area contributed by atoms with Gasteiger partial charge in [0, 0.05) is 23.1 Å². The molecule has 4 rings (SSSR count). The maximum Gasteiger partial charge on any atom is 0.307 e. The van der Waals surface area contributed by atoms with Crippen LogP contribution in [0.4, 0.5) is 4.39 Å². The minimum atomic E-state index is -0.400. The zero-order valence-electron chi connectivity index (χ0n) is 16.9. The fraction of sp³-hybridized carbons (Fsp3) is 0.591. The molecule has 1 aromatic carbocycles. The van der Waals surface area contributed by atoms with Gasteiger partial charge in [-0.25, -0.2) is 4.39 Å². The van der Waals surface area contributed by atoms with Crippen LogP contribution in [-0.4, -0.2) is 31.4 Å². The highest BCUT2D eigenvalue weighted by atomic mass is 79.9. The number of nitrogens with one attached hydrogen (secondary N) is 2. The number of benzene rings is 1. The molecule has 162 valence electrons. The zero-order chi connectivity index (χ0) is 21.5. The van der Waals surface area contributed by atoms with E-state index in [4.69, 9.17) is 0 Å². The molecule has 3 aliphatic rings. The molecule has 3 aliphatic carbocycles. The highest BCUT2D eigenvalue weighted by Crippen LogP contribution is 2.74. The van der Waals surface area contributed by atoms with Crippen LogP contribution in [0.25, 0.3) is 0 Å². The summed E-state index contributed by atoms with van der Waals surface area (Å²) in [6.45, 7) is 0.292. The molecule has 8 heteroatoms. The number of rotatable bonds is 7. The van der Waals surface area contributed by atoms with Crippen molar-refractivity contribution in [3.05, 3.63) is 34.1 Å². The van der Waals surface area contributed by atoms with Crippen LogP contribution < -0.4 is 10.6 Å². The number of carbonyl (C=O) groups is 3. The quantitative estimate of drug-likeness (QED) is 0.587. The lowest BCUT2D eigenvalue weighted by Crippen LogP contribution is -2.45. The van der Waals surface area contributed by atoms with Gasteiger partial charge in [0.25, 0.3) is 0 Å². The first-order valence-electron chi connectivity index (χ1n) is 10.4. The monoisotopic (exact) mass is 480 g/mol. The largest absolute Gasteiger partial charge is 0.469 e. The van der Waals surface area contributed by atoms with Crippen molar-refractivity contribution >= 4 is 33.7 Å². The van der Waals surface area contributed by atoms with Crippen LogP contribution in [0.3, 0.4) is 0 Å². The normalized spacial score (nSPS) is 27.7. The van der Waals surface area contributed by atoms with Crippen molar-refractivity contribution < 1.29 is 23.5 Å². The molecule has 6 nitrogen and oxygen atoms in total. The summed E-state index contributed by atoms with van der Waals surface area (Å²) in [7, 11) is 1.31. The second-order valence-corrected chi connectivity index (χ2v) is 9.56. The molecule has 4 atom stereocenters. The van der Waals surface area contributed by atoms with Gasteiger partial charge in [-0.3, -0.25) is 14.4 Å². The van der Waals surface area contributed by atoms with E-state index in [1.54, 1.807) is 12.1 Å². The minimum absolute atomic E-state index is 0.0928. The Morgan fingerprint density at radius 2 is 1.77 bits per heavy atom. The predicted molar refractivity (Wildman–Crippen MR) is 110 cm³/mol. The Morgan fingerprint density at radius 1 is 1.13 bits per heavy atom. The number of hydrogen-bond acceptors (Lipinski definition) is 4. The molecule has 2 amide bonds. The number of methoxy groups -OCH3 is 1. The number of halogens is 2. The van der Waals surface area contributed by atoms with Crippen molar-refractivity contribution in [1.29, 1.82) is 0 Å². The topological polar surface area (TPSA) is 84.5 Å². The van der Waals surface area contributed by atoms with Gasteiger partial charge in [-0.2, -0.15) is 0 Å². The molecule has 0 radical (unpaired) electrons. The molecule has 0 saturated heterocycles. The van der Waals surface area contributed by atoms with Crippen molar-refractivity contribution in [3.63, 3.8) is 0 Å². The van der Waals surface area contributed by atoms with E-state index < -0.39 is 11.8 Å². The van der Waals surface area contributed by atoms with Gasteiger partial charge in [0.2, 0.25) is 11.8 Å². The molecule has 30 heavy (non-hydrogen) atoms. The van der Waals surface area contributed by atoms with Crippen molar-refractivity contribution in [2.75, 3.05) is 13.7 Å². The molecule has 0 aromatic heterocycles. The van der Waals surface area contributed by atoms with Crippen molar-refractivity contribution in [2.45, 2.75) is 38.6 Å². The van der Waals surface area contributed by atoms with Gasteiger partial charge in [-0.1, -0.05) is 22.0 Å². The summed E-state index contributed by atoms with van der Waals surface area (Å²) < 4.78 is 19.4. The summed E-state index contributed by atoms with van der Waals surface area (Å²) in [6, 6.07) is 4.74. The van der Waals surface area contributed by atoms with Gasteiger partial charge in [-0.05, 0) is 55.1 Å². The first-order chi connectivity index (χ1) is 14.4. The lowest BCUT2D eigenvalue weighted by Gasteiger charge is -2.29. The number of hydrogen-bond donors (Lipinski definition) is 2. The zero-order valence-corrected chi connectivity index (χ0v) is 18.5. The third kappa shape index (κ3) is 3.74. The lowest BCUT2D eigenvalue weighted by atomic mass is 9.78. The second-order valence-electron chi connectivity index (χ2n) is 8.65. The Labute approximate surface area is 183 Å². The summed E-state index contributed by atoms with van der Waals surface area (Å²) >= 11 is 3.23. The Morgan fingerprint density at radius 3 is 2.33 bits per heavy atom. The molecule has 0 unspecified atom stereocenters. The third-order valence-corrected chi connectivity index (χ3v) is 7.77. The predicted octanol–water partition coefficient (Wildman–Crippen LogP) is 2.94. The van der Waals surface area contributed by atoms with E-state index in [0.29, 0.717) is 10.0 Å². The fourth-order valence-corrected chi connectivity index (χ4v) is 6.17. The Balaban J connectivity index is 1.45. The molecular formula is C22H26BrFN2O4. The van der Waals surface area contributed by atoms with Gasteiger partial charge >= 0.3 is 5.97 Å². The van der Waals surface area contributed by atoms with Crippen LogP contribution in [-0.2, 0) is 25.7 Å². The Hall–Kier alpha value is -1.96. The van der Waals surface area contributed by atoms with Gasteiger partial charge in [0.15, 0.2) is 0 Å². The van der Waals surface area contributed by atoms with Gasteiger partial charge in [-0.15, -0.1) is 0 Å². The molecule has 3 fully saturated rings. The van der Waals surface area contributed by atoms with Crippen molar-refractivity contribution in [3.8, 4) is 0 Å². The van der Waals surface area contributed by atoms with E-state index in [-0.39, 0.29) is 60.4 Å². The van der Waals surface area contributed by atoms with E-state index in [2.05, 4.69) is 31.3 Å². The fourth-order valence-electron chi connectivity index (χ4n) is 5.83. The van der Waals surface area contributed by atoms with Crippen LogP contribution in [0.2, 0.25) is 0 Å². The molecule has 0 aliphatic heterocycles. The Kier molecular flexibility index (Phi) is 5.88. The molecule has 2 N–H and O–H groups in total. The smallest absolute Gasteiger partial charge is 0.307 e. The molecule has 3 saturated carbocycles. The van der Waals surface area contributed by atoms with Crippen molar-refractivity contribution in [1.82, 2.24) is 10.6 Å². The molecule has 0 heterocycles. The van der Waals surface area contributed by atoms with Gasteiger partial charge in [0.05, 0.1) is 25.4 Å². The molecule has 1 spiro atoms. The van der Waals surface area contributed by atoms with E-state index in [1.165, 1.54) is 13.2 Å². The summed E-state index contributed by atoms with van der Waals surface area (Å²) in [5.41, 5.74) is 0.532. The first-order valence-corrected chi connectivity index (χ1v) is 11.2. The van der Waals surface area contributed by atoms with E-state index in [1.807, 2.05) is 0 Å². The third-order valence-electron chi connectivity index (χ3n) is 7.28. The minimum Gasteiger partial charge on any atom is -0.469 e. The Bertz CT molecular complexity index is 873. The average Bonchev–Trinajstić information content (AvgIpc) is 3.39. The number of amides is 2. The SMILES string of the molecule is COC(=O)CCNC(=O)[C@H]1[C@H](C(=O)NCc2ccc(Br)cc2F)[C@@H]2CC[C@H]1C21CC1. The standard InChI is InChI=1S/C22H26BrFN2O4/c1-30-17(27)6-9-25-20(28)18-14-4-5-15(22(14)7-8-22)19(18)21(29)26-11-12-2-3-13(23)10-16(12)24/h2-3,10,14-15,18-19H,4-9,11H2,1H3,(H,25,28)(H,26,29)/t14-,15+,18-,19-/m1/s1. The maximum atomic E-state index is 14.1.